The highest BCUT2D eigenvalue weighted by Crippen LogP contribution is 2.24. The Morgan fingerprint density at radius 2 is 2.47 bits per heavy atom. The average Bonchev–Trinajstić information content (AvgIpc) is 2.89. The van der Waals surface area contributed by atoms with E-state index in [1.807, 2.05) is 10.7 Å². The second-order valence-electron chi connectivity index (χ2n) is 4.54. The van der Waals surface area contributed by atoms with Gasteiger partial charge in [0, 0.05) is 18.4 Å². The standard InChI is InChI=1S/C14H20N2O3/c1-3-12-10-11(7-8-14(17)18-2)15-16(12)13-6-4-5-9-19-13/h7-8,10,13H,3-6,9H2,1-2H3/b8-7+. The lowest BCUT2D eigenvalue weighted by Gasteiger charge is -2.24. The molecule has 1 aliphatic heterocycles. The van der Waals surface area contributed by atoms with Crippen LogP contribution in [0.2, 0.25) is 0 Å². The van der Waals surface area contributed by atoms with E-state index in [4.69, 9.17) is 4.74 Å². The smallest absolute Gasteiger partial charge is 0.330 e. The molecule has 2 rings (SSSR count). The van der Waals surface area contributed by atoms with Crippen LogP contribution in [0.5, 0.6) is 0 Å². The second-order valence-corrected chi connectivity index (χ2v) is 4.54. The molecule has 0 amide bonds. The number of carbonyl (C=O) groups is 1. The number of ether oxygens (including phenoxy) is 2. The summed E-state index contributed by atoms with van der Waals surface area (Å²) in [5.41, 5.74) is 1.88. The minimum absolute atomic E-state index is 0.0315. The largest absolute Gasteiger partial charge is 0.466 e. The third-order valence-corrected chi connectivity index (χ3v) is 3.21. The van der Waals surface area contributed by atoms with E-state index in [-0.39, 0.29) is 12.2 Å². The predicted octanol–water partition coefficient (Wildman–Crippen LogP) is 2.33. The molecule has 1 saturated heterocycles. The number of rotatable bonds is 4. The summed E-state index contributed by atoms with van der Waals surface area (Å²) < 4.78 is 12.3. The van der Waals surface area contributed by atoms with Crippen LogP contribution in [0.25, 0.3) is 6.08 Å². The Labute approximate surface area is 113 Å². The van der Waals surface area contributed by atoms with Gasteiger partial charge < -0.3 is 9.47 Å². The van der Waals surface area contributed by atoms with Gasteiger partial charge in [0.15, 0.2) is 0 Å². The highest BCUT2D eigenvalue weighted by molar-refractivity contribution is 5.86. The quantitative estimate of drug-likeness (QED) is 0.618. The van der Waals surface area contributed by atoms with Crippen molar-refractivity contribution in [3.63, 3.8) is 0 Å². The van der Waals surface area contributed by atoms with Gasteiger partial charge in [-0.25, -0.2) is 9.48 Å². The summed E-state index contributed by atoms with van der Waals surface area (Å²) in [7, 11) is 1.36. The lowest BCUT2D eigenvalue weighted by atomic mass is 10.2. The van der Waals surface area contributed by atoms with E-state index < -0.39 is 0 Å². The maximum atomic E-state index is 11.1. The molecule has 1 fully saturated rings. The van der Waals surface area contributed by atoms with Gasteiger partial charge in [0.05, 0.1) is 12.8 Å². The van der Waals surface area contributed by atoms with Crippen LogP contribution < -0.4 is 0 Å². The Morgan fingerprint density at radius 1 is 1.63 bits per heavy atom. The zero-order valence-electron chi connectivity index (χ0n) is 11.5. The predicted molar refractivity (Wildman–Crippen MR) is 71.5 cm³/mol. The molecule has 5 heteroatoms. The summed E-state index contributed by atoms with van der Waals surface area (Å²) in [5.74, 6) is -0.374. The van der Waals surface area contributed by atoms with Gasteiger partial charge in [-0.1, -0.05) is 6.92 Å². The van der Waals surface area contributed by atoms with E-state index in [0.717, 1.165) is 37.3 Å². The van der Waals surface area contributed by atoms with Crippen molar-refractivity contribution in [3.05, 3.63) is 23.5 Å². The van der Waals surface area contributed by atoms with E-state index in [2.05, 4.69) is 16.8 Å². The molecule has 5 nitrogen and oxygen atoms in total. The highest BCUT2D eigenvalue weighted by Gasteiger charge is 2.19. The van der Waals surface area contributed by atoms with Crippen LogP contribution in [-0.2, 0) is 20.7 Å². The van der Waals surface area contributed by atoms with Crippen molar-refractivity contribution in [3.8, 4) is 0 Å². The molecule has 0 radical (unpaired) electrons. The summed E-state index contributed by atoms with van der Waals surface area (Å²) in [4.78, 5) is 11.1. The van der Waals surface area contributed by atoms with Crippen molar-refractivity contribution in [2.45, 2.75) is 38.8 Å². The fourth-order valence-electron chi connectivity index (χ4n) is 2.19. The van der Waals surface area contributed by atoms with Gasteiger partial charge in [0.25, 0.3) is 0 Å². The lowest BCUT2D eigenvalue weighted by Crippen LogP contribution is -2.20. The van der Waals surface area contributed by atoms with Crippen LogP contribution in [0.15, 0.2) is 12.1 Å². The summed E-state index contributed by atoms with van der Waals surface area (Å²) in [6, 6.07) is 1.98. The number of methoxy groups -OCH3 is 1. The SMILES string of the molecule is CCc1cc(/C=C/C(=O)OC)nn1C1CCCCO1. The second kappa shape index (κ2) is 6.52. The van der Waals surface area contributed by atoms with E-state index in [1.54, 1.807) is 6.08 Å². The maximum absolute atomic E-state index is 11.1. The molecule has 0 saturated carbocycles. The number of aryl methyl sites for hydroxylation is 1. The van der Waals surface area contributed by atoms with Crippen LogP contribution in [0, 0.1) is 0 Å². The Kier molecular flexibility index (Phi) is 4.74. The first-order chi connectivity index (χ1) is 9.24. The van der Waals surface area contributed by atoms with Gasteiger partial charge in [-0.05, 0) is 37.8 Å². The van der Waals surface area contributed by atoms with Crippen molar-refractivity contribution < 1.29 is 14.3 Å². The number of hydrogen-bond donors (Lipinski definition) is 0. The van der Waals surface area contributed by atoms with Crippen molar-refractivity contribution in [2.24, 2.45) is 0 Å². The lowest BCUT2D eigenvalue weighted by molar-refractivity contribution is -0.134. The zero-order valence-corrected chi connectivity index (χ0v) is 11.5. The average molecular weight is 264 g/mol. The molecule has 1 aromatic heterocycles. The first kappa shape index (κ1) is 13.8. The molecule has 0 spiro atoms. The van der Waals surface area contributed by atoms with Crippen molar-refractivity contribution in [1.29, 1.82) is 0 Å². The summed E-state index contributed by atoms with van der Waals surface area (Å²) in [6.45, 7) is 2.88. The first-order valence-electron chi connectivity index (χ1n) is 6.70. The number of aromatic nitrogens is 2. The third-order valence-electron chi connectivity index (χ3n) is 3.21. The molecule has 1 aliphatic rings. The van der Waals surface area contributed by atoms with Crippen LogP contribution in [0.1, 0.15) is 43.8 Å². The molecular formula is C14H20N2O3. The Morgan fingerprint density at radius 3 is 3.11 bits per heavy atom. The third kappa shape index (κ3) is 3.44. The molecule has 1 atom stereocenters. The van der Waals surface area contributed by atoms with Crippen LogP contribution in [0.4, 0.5) is 0 Å². The number of nitrogens with zero attached hydrogens (tertiary/aromatic N) is 2. The summed E-state index contributed by atoms with van der Waals surface area (Å²) in [6.07, 6.45) is 7.25. The van der Waals surface area contributed by atoms with E-state index in [9.17, 15) is 4.79 Å². The molecule has 2 heterocycles. The normalized spacial score (nSPS) is 19.8. The van der Waals surface area contributed by atoms with Gasteiger partial charge in [0.1, 0.15) is 6.23 Å². The van der Waals surface area contributed by atoms with E-state index in [1.165, 1.54) is 19.6 Å². The fraction of sp³-hybridized carbons (Fsp3) is 0.571. The number of esters is 1. The van der Waals surface area contributed by atoms with Crippen molar-refractivity contribution in [2.75, 3.05) is 13.7 Å². The highest BCUT2D eigenvalue weighted by atomic mass is 16.5. The van der Waals surface area contributed by atoms with Crippen molar-refractivity contribution >= 4 is 12.0 Å². The molecule has 104 valence electrons. The monoisotopic (exact) mass is 264 g/mol. The molecule has 1 aromatic rings. The number of carbonyl (C=O) groups excluding carboxylic acids is 1. The first-order valence-corrected chi connectivity index (χ1v) is 6.70. The molecule has 0 N–H and O–H groups in total. The molecule has 0 aliphatic carbocycles. The molecule has 1 unspecified atom stereocenters. The van der Waals surface area contributed by atoms with Crippen LogP contribution in [-0.4, -0.2) is 29.5 Å². The molecule has 19 heavy (non-hydrogen) atoms. The molecule has 0 aromatic carbocycles. The van der Waals surface area contributed by atoms with Gasteiger partial charge in [-0.15, -0.1) is 0 Å². The Bertz CT molecular complexity index is 459. The van der Waals surface area contributed by atoms with Gasteiger partial charge in [0.2, 0.25) is 0 Å². The zero-order chi connectivity index (χ0) is 13.7. The fourth-order valence-corrected chi connectivity index (χ4v) is 2.19. The minimum Gasteiger partial charge on any atom is -0.466 e. The van der Waals surface area contributed by atoms with Crippen LogP contribution >= 0.6 is 0 Å². The van der Waals surface area contributed by atoms with Crippen molar-refractivity contribution in [1.82, 2.24) is 9.78 Å². The van der Waals surface area contributed by atoms with Crippen LogP contribution in [0.3, 0.4) is 0 Å². The minimum atomic E-state index is -0.374. The Hall–Kier alpha value is -1.62. The van der Waals surface area contributed by atoms with E-state index in [0.29, 0.717) is 0 Å². The Balaban J connectivity index is 2.16. The topological polar surface area (TPSA) is 53.3 Å². The maximum Gasteiger partial charge on any atom is 0.330 e. The van der Waals surface area contributed by atoms with Gasteiger partial charge in [-0.3, -0.25) is 0 Å². The number of hydrogen-bond acceptors (Lipinski definition) is 4. The summed E-state index contributed by atoms with van der Waals surface area (Å²) in [5, 5.41) is 4.51. The molecular weight excluding hydrogens is 244 g/mol. The van der Waals surface area contributed by atoms with Gasteiger partial charge in [-0.2, -0.15) is 5.10 Å². The van der Waals surface area contributed by atoms with Gasteiger partial charge >= 0.3 is 5.97 Å². The van der Waals surface area contributed by atoms with E-state index >= 15 is 0 Å². The molecule has 0 bridgehead atoms. The summed E-state index contributed by atoms with van der Waals surface area (Å²) >= 11 is 0.